The molecule has 2 aliphatic heterocycles. The van der Waals surface area contributed by atoms with Gasteiger partial charge in [0, 0.05) is 37.2 Å². The number of aromatic amines is 1. The second-order valence-electron chi connectivity index (χ2n) is 11.7. The zero-order valence-electron chi connectivity index (χ0n) is 25.8. The molecule has 5 heterocycles. The van der Waals surface area contributed by atoms with Gasteiger partial charge in [0.2, 0.25) is 0 Å². The summed E-state index contributed by atoms with van der Waals surface area (Å²) in [7, 11) is 1.29. The number of aliphatic hydroxyl groups is 2. The molecule has 0 amide bonds. The van der Waals surface area contributed by atoms with Crippen molar-refractivity contribution in [3.8, 4) is 0 Å². The molecule has 5 N–H and O–H groups in total. The van der Waals surface area contributed by atoms with Gasteiger partial charge in [0.25, 0.3) is 5.56 Å². The third kappa shape index (κ3) is 7.60. The van der Waals surface area contributed by atoms with Crippen LogP contribution in [0.2, 0.25) is 0 Å². The van der Waals surface area contributed by atoms with Gasteiger partial charge in [-0.15, -0.1) is 0 Å². The Kier molecular flexibility index (Phi) is 10.5. The number of nitrogens with zero attached hydrogens (tertiary/aromatic N) is 5. The van der Waals surface area contributed by atoms with Crippen LogP contribution in [0, 0.1) is 5.41 Å². The lowest BCUT2D eigenvalue weighted by atomic mass is 9.98. The van der Waals surface area contributed by atoms with Crippen molar-refractivity contribution in [1.82, 2.24) is 29.1 Å². The van der Waals surface area contributed by atoms with Gasteiger partial charge in [0.05, 0.1) is 31.1 Å². The van der Waals surface area contributed by atoms with Crippen molar-refractivity contribution < 1.29 is 47.6 Å². The number of ether oxygens (including phenoxy) is 4. The van der Waals surface area contributed by atoms with E-state index in [9.17, 15) is 29.2 Å². The molecular weight excluding hydrogens is 665 g/mol. The first-order chi connectivity index (χ1) is 22.2. The minimum atomic E-state index is -4.34. The van der Waals surface area contributed by atoms with Crippen molar-refractivity contribution >= 4 is 41.1 Å². The quantitative estimate of drug-likeness (QED) is 0.112. The highest BCUT2D eigenvalue weighted by atomic mass is 32.7. The van der Waals surface area contributed by atoms with Crippen molar-refractivity contribution in [2.45, 2.75) is 70.2 Å². The second-order valence-corrected chi connectivity index (χ2v) is 15.7. The van der Waals surface area contributed by atoms with Crippen molar-refractivity contribution in [2.24, 2.45) is 5.41 Å². The van der Waals surface area contributed by atoms with Gasteiger partial charge in [-0.05, 0) is 20.8 Å². The molecule has 0 radical (unpaired) electrons. The van der Waals surface area contributed by atoms with E-state index in [0.29, 0.717) is 22.5 Å². The summed E-state index contributed by atoms with van der Waals surface area (Å²) in [6, 6.07) is 1.10. The molecule has 2 unspecified atom stereocenters. The van der Waals surface area contributed by atoms with Crippen molar-refractivity contribution in [2.75, 3.05) is 32.0 Å². The van der Waals surface area contributed by atoms with Crippen molar-refractivity contribution in [3.05, 3.63) is 45.8 Å². The molecule has 2 aliphatic rings. The predicted octanol–water partition coefficient (Wildman–Crippen LogP) is 0.302. The largest absolute Gasteiger partial charge is 0.454 e. The zero-order chi connectivity index (χ0) is 34.1. The van der Waals surface area contributed by atoms with Gasteiger partial charge in [-0.2, -0.15) is 0 Å². The first-order valence-electron chi connectivity index (χ1n) is 14.4. The van der Waals surface area contributed by atoms with Crippen LogP contribution in [0.3, 0.4) is 0 Å². The third-order valence-electron chi connectivity index (χ3n) is 7.43. The lowest BCUT2D eigenvalue weighted by Crippen LogP contribution is -2.39. The summed E-state index contributed by atoms with van der Waals surface area (Å²) in [5.74, 6) is -0.839. The number of rotatable bonds is 12. The zero-order valence-corrected chi connectivity index (χ0v) is 27.5. The molecular formula is C26H36N7O12PS. The van der Waals surface area contributed by atoms with Crippen LogP contribution in [0.5, 0.6) is 0 Å². The number of hydrogen-bond acceptors (Lipinski definition) is 17. The van der Waals surface area contributed by atoms with Crippen LogP contribution in [0.25, 0.3) is 11.2 Å². The topological polar surface area (TPSA) is 254 Å². The number of aliphatic hydroxyl groups excluding tert-OH is 2. The summed E-state index contributed by atoms with van der Waals surface area (Å²) >= 11 is 0.545. The van der Waals surface area contributed by atoms with E-state index in [1.54, 1.807) is 25.3 Å². The Bertz CT molecular complexity index is 1740. The number of esters is 1. The molecule has 8 atom stereocenters. The first kappa shape index (κ1) is 35.1. The van der Waals surface area contributed by atoms with E-state index in [1.807, 2.05) is 0 Å². The lowest BCUT2D eigenvalue weighted by molar-refractivity contribution is -0.150. The van der Waals surface area contributed by atoms with Gasteiger partial charge in [-0.25, -0.2) is 24.3 Å². The van der Waals surface area contributed by atoms with E-state index in [1.165, 1.54) is 26.0 Å². The van der Waals surface area contributed by atoms with E-state index in [4.69, 9.17) is 33.7 Å². The fraction of sp³-hybridized carbons (Fsp3) is 0.615. The third-order valence-corrected chi connectivity index (χ3v) is 10.8. The van der Waals surface area contributed by atoms with Crippen molar-refractivity contribution in [3.63, 3.8) is 0 Å². The number of nitrogen functional groups attached to an aromatic ring is 1. The molecule has 0 bridgehead atoms. The van der Waals surface area contributed by atoms with Crippen molar-refractivity contribution in [1.29, 1.82) is 0 Å². The number of aromatic nitrogens is 6. The fourth-order valence-corrected chi connectivity index (χ4v) is 7.77. The minimum Gasteiger partial charge on any atom is -0.454 e. The second kappa shape index (κ2) is 14.1. The summed E-state index contributed by atoms with van der Waals surface area (Å²) in [5.41, 5.74) is 4.33. The molecule has 5 rings (SSSR count). The SMILES string of the molecule is CO[C@H]1C(OP(=O)(OC[C@H]2O[C@@H](n3cnc4c(N)ncnc43)C[C@H]2O)SCOC(=O)C(C)(C)C)[C@@H](CO)O[C@H]1n1ccc(=O)[nH]c1=O. The van der Waals surface area contributed by atoms with E-state index in [0.717, 1.165) is 10.6 Å². The van der Waals surface area contributed by atoms with Crippen LogP contribution in [0.15, 0.2) is 34.5 Å². The summed E-state index contributed by atoms with van der Waals surface area (Å²) in [6.07, 6.45) is -3.56. The number of H-pyrrole nitrogens is 1. The molecule has 47 heavy (non-hydrogen) atoms. The summed E-state index contributed by atoms with van der Waals surface area (Å²) in [4.78, 5) is 51.0. The van der Waals surface area contributed by atoms with E-state index >= 15 is 0 Å². The summed E-state index contributed by atoms with van der Waals surface area (Å²) < 4.78 is 51.4. The monoisotopic (exact) mass is 701 g/mol. The minimum absolute atomic E-state index is 0.106. The Morgan fingerprint density at radius 2 is 1.96 bits per heavy atom. The smallest absolute Gasteiger partial charge is 0.392 e. The Morgan fingerprint density at radius 3 is 2.64 bits per heavy atom. The Morgan fingerprint density at radius 1 is 1.19 bits per heavy atom. The lowest BCUT2D eigenvalue weighted by Gasteiger charge is -2.28. The number of anilines is 1. The van der Waals surface area contributed by atoms with Gasteiger partial charge in [-0.1, -0.05) is 0 Å². The highest BCUT2D eigenvalue weighted by Crippen LogP contribution is 2.63. The van der Waals surface area contributed by atoms with E-state index < -0.39 is 91.6 Å². The Labute approximate surface area is 271 Å². The van der Waals surface area contributed by atoms with Crippen LogP contribution in [0.4, 0.5) is 5.82 Å². The average molecular weight is 702 g/mol. The van der Waals surface area contributed by atoms with Crippen LogP contribution >= 0.6 is 18.2 Å². The molecule has 0 saturated carbocycles. The predicted molar refractivity (Wildman–Crippen MR) is 164 cm³/mol. The number of nitrogens with two attached hydrogens (primary N) is 1. The van der Waals surface area contributed by atoms with E-state index in [-0.39, 0.29) is 12.2 Å². The van der Waals surface area contributed by atoms with Crippen LogP contribution < -0.4 is 17.0 Å². The molecule has 2 fully saturated rings. The Balaban J connectivity index is 1.35. The highest BCUT2D eigenvalue weighted by Gasteiger charge is 2.51. The first-order valence-corrected chi connectivity index (χ1v) is 17.5. The molecule has 2 saturated heterocycles. The van der Waals surface area contributed by atoms with Gasteiger partial charge >= 0.3 is 18.5 Å². The summed E-state index contributed by atoms with van der Waals surface area (Å²) in [6.45, 7) is -0.471. The number of carbonyl (C=O) groups is 1. The number of methoxy groups -OCH3 is 1. The number of imidazole rings is 1. The normalized spacial score (nSPS) is 27.7. The molecule has 19 nitrogen and oxygen atoms in total. The standard InChI is InChI=1S/C26H36N7O12PS/c1-26(2,3)24(37)41-12-47-46(39,45-19-14(8-34)44-23(20(19)40-4)32-6-5-16(36)31-25(32)38)42-9-15-13(35)7-17(43-15)33-11-30-18-21(27)28-10-29-22(18)33/h5-6,10-11,13-15,17,19-20,23,34-35H,7-9,12H2,1-4H3,(H2,27,28,29)(H,31,36,38)/t13-,14-,15-,17-,19?,20+,23-,46?/m1/s1. The molecule has 3 aromatic heterocycles. The van der Waals surface area contributed by atoms with Crippen LogP contribution in [-0.4, -0.2) is 102 Å². The maximum Gasteiger partial charge on any atom is 0.392 e. The van der Waals surface area contributed by atoms with E-state index in [2.05, 4.69) is 19.9 Å². The number of carbonyl (C=O) groups excluding carboxylic acids is 1. The van der Waals surface area contributed by atoms with Gasteiger partial charge in [-0.3, -0.25) is 32.8 Å². The molecule has 0 spiro atoms. The highest BCUT2D eigenvalue weighted by molar-refractivity contribution is 8.55. The summed E-state index contributed by atoms with van der Waals surface area (Å²) in [5, 5.41) is 21.0. The van der Waals surface area contributed by atoms with Crippen LogP contribution in [0.1, 0.15) is 39.6 Å². The molecule has 21 heteroatoms. The number of nitrogens with one attached hydrogen (secondary N) is 1. The molecule has 258 valence electrons. The number of fused-ring (bicyclic) bond motifs is 1. The maximum atomic E-state index is 14.3. The van der Waals surface area contributed by atoms with Crippen LogP contribution in [-0.2, 0) is 37.4 Å². The van der Waals surface area contributed by atoms with Gasteiger partial charge in [0.1, 0.15) is 48.4 Å². The Hall–Kier alpha value is -3.20. The molecule has 0 aliphatic carbocycles. The number of hydrogen-bond donors (Lipinski definition) is 4. The van der Waals surface area contributed by atoms with Gasteiger partial charge in [0.15, 0.2) is 17.7 Å². The maximum absolute atomic E-state index is 14.3. The van der Waals surface area contributed by atoms with Gasteiger partial charge < -0.3 is 34.9 Å². The average Bonchev–Trinajstić information content (AvgIpc) is 3.70. The molecule has 0 aromatic carbocycles. The fourth-order valence-electron chi connectivity index (χ4n) is 4.97. The molecule has 3 aromatic rings.